The standard InChI is InChI=1S/C21H22N2O3/c22-10-4-3-5-13-8-9-17(23-11-14-12-26-14)19-18(13)20(24)15-6-1-2-7-16(15)21(19)25/h1-2,6-9,14,23H,3-5,10-12,22H2. The van der Waals surface area contributed by atoms with E-state index in [0.29, 0.717) is 41.0 Å². The number of rotatable bonds is 7. The largest absolute Gasteiger partial charge is 0.382 e. The van der Waals surface area contributed by atoms with Crippen LogP contribution in [0.3, 0.4) is 0 Å². The number of carbonyl (C=O) groups excluding carboxylic acids is 2. The monoisotopic (exact) mass is 350 g/mol. The van der Waals surface area contributed by atoms with E-state index < -0.39 is 0 Å². The molecule has 2 aromatic rings. The lowest BCUT2D eigenvalue weighted by atomic mass is 9.80. The molecule has 0 bridgehead atoms. The molecule has 1 unspecified atom stereocenters. The van der Waals surface area contributed by atoms with E-state index in [-0.39, 0.29) is 17.7 Å². The minimum Gasteiger partial charge on any atom is -0.382 e. The van der Waals surface area contributed by atoms with Crippen LogP contribution in [0, 0.1) is 0 Å². The molecule has 0 saturated carbocycles. The maximum Gasteiger partial charge on any atom is 0.196 e. The Hall–Kier alpha value is -2.50. The van der Waals surface area contributed by atoms with E-state index in [1.54, 1.807) is 24.3 Å². The third-order valence-electron chi connectivity index (χ3n) is 4.98. The third-order valence-corrected chi connectivity index (χ3v) is 4.98. The first-order valence-corrected chi connectivity index (χ1v) is 9.10. The number of hydrogen-bond donors (Lipinski definition) is 2. The fourth-order valence-electron chi connectivity index (χ4n) is 3.51. The number of ketones is 2. The van der Waals surface area contributed by atoms with Gasteiger partial charge in [-0.25, -0.2) is 0 Å². The number of unbranched alkanes of at least 4 members (excludes halogenated alkanes) is 1. The van der Waals surface area contributed by atoms with Crippen LogP contribution in [0.5, 0.6) is 0 Å². The molecule has 1 atom stereocenters. The summed E-state index contributed by atoms with van der Waals surface area (Å²) < 4.78 is 5.24. The summed E-state index contributed by atoms with van der Waals surface area (Å²) >= 11 is 0. The average Bonchev–Trinajstić information content (AvgIpc) is 3.49. The summed E-state index contributed by atoms with van der Waals surface area (Å²) in [7, 11) is 0. The van der Waals surface area contributed by atoms with Crippen LogP contribution in [0.1, 0.15) is 50.2 Å². The van der Waals surface area contributed by atoms with Crippen LogP contribution in [0.15, 0.2) is 36.4 Å². The zero-order valence-corrected chi connectivity index (χ0v) is 14.6. The van der Waals surface area contributed by atoms with Crippen LogP contribution in [0.25, 0.3) is 0 Å². The summed E-state index contributed by atoms with van der Waals surface area (Å²) in [6, 6.07) is 10.9. The summed E-state index contributed by atoms with van der Waals surface area (Å²) in [5.41, 5.74) is 9.26. The van der Waals surface area contributed by atoms with Gasteiger partial charge in [0.2, 0.25) is 0 Å². The molecule has 1 aliphatic carbocycles. The van der Waals surface area contributed by atoms with Crippen molar-refractivity contribution in [1.82, 2.24) is 0 Å². The predicted molar refractivity (Wildman–Crippen MR) is 100.0 cm³/mol. The molecule has 3 N–H and O–H groups in total. The Morgan fingerprint density at radius 2 is 1.69 bits per heavy atom. The molecule has 0 radical (unpaired) electrons. The predicted octanol–water partition coefficient (Wildman–Crippen LogP) is 2.55. The number of ether oxygens (including phenoxy) is 1. The molecule has 2 aromatic carbocycles. The van der Waals surface area contributed by atoms with Crippen molar-refractivity contribution in [2.75, 3.05) is 25.0 Å². The molecule has 134 valence electrons. The summed E-state index contributed by atoms with van der Waals surface area (Å²) in [5, 5.41) is 3.29. The highest BCUT2D eigenvalue weighted by molar-refractivity contribution is 6.30. The Bertz CT molecular complexity index is 872. The molecule has 5 heteroatoms. The maximum atomic E-state index is 13.2. The first-order chi connectivity index (χ1) is 12.7. The van der Waals surface area contributed by atoms with E-state index in [2.05, 4.69) is 5.32 Å². The number of nitrogens with two attached hydrogens (primary N) is 1. The molecule has 1 aliphatic heterocycles. The quantitative estimate of drug-likeness (QED) is 0.505. The van der Waals surface area contributed by atoms with Crippen molar-refractivity contribution in [2.24, 2.45) is 5.73 Å². The molecule has 0 aromatic heterocycles. The van der Waals surface area contributed by atoms with Crippen LogP contribution >= 0.6 is 0 Å². The number of fused-ring (bicyclic) bond motifs is 2. The van der Waals surface area contributed by atoms with Crippen molar-refractivity contribution in [1.29, 1.82) is 0 Å². The number of anilines is 1. The highest BCUT2D eigenvalue weighted by Gasteiger charge is 2.34. The lowest BCUT2D eigenvalue weighted by Gasteiger charge is -2.23. The first-order valence-electron chi connectivity index (χ1n) is 9.10. The normalized spacial score (nSPS) is 17.7. The molecule has 1 fully saturated rings. The van der Waals surface area contributed by atoms with Crippen LogP contribution < -0.4 is 11.1 Å². The molecule has 26 heavy (non-hydrogen) atoms. The Morgan fingerprint density at radius 3 is 2.35 bits per heavy atom. The van der Waals surface area contributed by atoms with E-state index in [1.165, 1.54) is 0 Å². The van der Waals surface area contributed by atoms with E-state index in [4.69, 9.17) is 10.5 Å². The number of benzene rings is 2. The highest BCUT2D eigenvalue weighted by atomic mass is 16.6. The van der Waals surface area contributed by atoms with Crippen molar-refractivity contribution >= 4 is 17.3 Å². The van der Waals surface area contributed by atoms with Gasteiger partial charge in [-0.2, -0.15) is 0 Å². The van der Waals surface area contributed by atoms with Crippen molar-refractivity contribution < 1.29 is 14.3 Å². The second-order valence-corrected chi connectivity index (χ2v) is 6.81. The Kier molecular flexibility index (Phi) is 4.57. The Morgan fingerprint density at radius 1 is 1.00 bits per heavy atom. The average molecular weight is 350 g/mol. The van der Waals surface area contributed by atoms with Gasteiger partial charge < -0.3 is 15.8 Å². The topological polar surface area (TPSA) is 84.7 Å². The fraction of sp³-hybridized carbons (Fsp3) is 0.333. The van der Waals surface area contributed by atoms with Crippen molar-refractivity contribution in [3.8, 4) is 0 Å². The zero-order chi connectivity index (χ0) is 18.1. The van der Waals surface area contributed by atoms with Crippen molar-refractivity contribution in [3.63, 3.8) is 0 Å². The van der Waals surface area contributed by atoms with E-state index >= 15 is 0 Å². The molecular weight excluding hydrogens is 328 g/mol. The Balaban J connectivity index is 1.78. The molecule has 0 spiro atoms. The number of hydrogen-bond acceptors (Lipinski definition) is 5. The number of carbonyl (C=O) groups is 2. The fourth-order valence-corrected chi connectivity index (χ4v) is 3.51. The van der Waals surface area contributed by atoms with Gasteiger partial charge in [0, 0.05) is 28.9 Å². The van der Waals surface area contributed by atoms with Crippen LogP contribution in [0.4, 0.5) is 5.69 Å². The molecule has 4 rings (SSSR count). The minimum absolute atomic E-state index is 0.0655. The highest BCUT2D eigenvalue weighted by Crippen LogP contribution is 2.35. The van der Waals surface area contributed by atoms with Gasteiger partial charge in [-0.15, -0.1) is 0 Å². The van der Waals surface area contributed by atoms with Gasteiger partial charge in [0.15, 0.2) is 11.6 Å². The van der Waals surface area contributed by atoms with Crippen LogP contribution in [-0.4, -0.2) is 37.4 Å². The van der Waals surface area contributed by atoms with Crippen LogP contribution in [0.2, 0.25) is 0 Å². The van der Waals surface area contributed by atoms with Gasteiger partial charge in [-0.05, 0) is 37.4 Å². The summed E-state index contributed by atoms with van der Waals surface area (Å²) in [4.78, 5) is 26.4. The maximum absolute atomic E-state index is 13.2. The zero-order valence-electron chi connectivity index (χ0n) is 14.6. The van der Waals surface area contributed by atoms with Gasteiger partial charge in [0.05, 0.1) is 18.3 Å². The van der Waals surface area contributed by atoms with Gasteiger partial charge >= 0.3 is 0 Å². The van der Waals surface area contributed by atoms with Gasteiger partial charge in [0.25, 0.3) is 0 Å². The summed E-state index contributed by atoms with van der Waals surface area (Å²) in [6.07, 6.45) is 2.73. The molecule has 1 heterocycles. The molecule has 0 amide bonds. The molecule has 1 saturated heterocycles. The second kappa shape index (κ2) is 7.02. The third kappa shape index (κ3) is 3.04. The SMILES string of the molecule is NCCCCc1ccc(NCC2CO2)c2c1C(=O)c1ccccc1C2=O. The van der Waals surface area contributed by atoms with Crippen molar-refractivity contribution in [2.45, 2.75) is 25.4 Å². The van der Waals surface area contributed by atoms with E-state index in [0.717, 1.165) is 31.4 Å². The van der Waals surface area contributed by atoms with Crippen LogP contribution in [-0.2, 0) is 11.2 Å². The number of nitrogens with one attached hydrogen (secondary N) is 1. The van der Waals surface area contributed by atoms with E-state index in [9.17, 15) is 9.59 Å². The summed E-state index contributed by atoms with van der Waals surface area (Å²) in [6.45, 7) is 2.00. The van der Waals surface area contributed by atoms with Gasteiger partial charge in [-0.3, -0.25) is 9.59 Å². The number of epoxide rings is 1. The van der Waals surface area contributed by atoms with E-state index in [1.807, 2.05) is 12.1 Å². The van der Waals surface area contributed by atoms with Crippen molar-refractivity contribution in [3.05, 3.63) is 64.2 Å². The molecule has 5 nitrogen and oxygen atoms in total. The minimum atomic E-state index is -0.0879. The smallest absolute Gasteiger partial charge is 0.196 e. The number of aryl methyl sites for hydroxylation is 1. The summed E-state index contributed by atoms with van der Waals surface area (Å²) in [5.74, 6) is -0.153. The molecule has 2 aliphatic rings. The molecular formula is C21H22N2O3. The Labute approximate surface area is 152 Å². The lowest BCUT2D eigenvalue weighted by molar-refractivity contribution is 0.0979. The first kappa shape index (κ1) is 16.9. The van der Waals surface area contributed by atoms with Gasteiger partial charge in [-0.1, -0.05) is 30.3 Å². The van der Waals surface area contributed by atoms with Gasteiger partial charge in [0.1, 0.15) is 0 Å². The lowest BCUT2D eigenvalue weighted by Crippen LogP contribution is -2.25. The second-order valence-electron chi connectivity index (χ2n) is 6.81.